The maximum atomic E-state index is 11.8. The second kappa shape index (κ2) is 2.86. The van der Waals surface area contributed by atoms with E-state index < -0.39 is 0 Å². The monoisotopic (exact) mass is 200 g/mol. The van der Waals surface area contributed by atoms with Gasteiger partial charge in [0, 0.05) is 23.5 Å². The predicted molar refractivity (Wildman–Crippen MR) is 59.1 cm³/mol. The van der Waals surface area contributed by atoms with Gasteiger partial charge in [-0.3, -0.25) is 4.57 Å². The Bertz CT molecular complexity index is 542. The number of aromatic nitrogens is 1. The smallest absolute Gasteiger partial charge is 0.326 e. The number of hydrogen-bond donors (Lipinski definition) is 1. The van der Waals surface area contributed by atoms with Gasteiger partial charge in [0.1, 0.15) is 0 Å². The van der Waals surface area contributed by atoms with Crippen LogP contribution < -0.4 is 5.32 Å². The van der Waals surface area contributed by atoms with Crippen molar-refractivity contribution in [2.24, 2.45) is 0 Å². The standard InChI is InChI=1S/C12H12N2O/c1-8-7-13-12(15)14-10-5-3-2-4-9(10)6-11(8)14/h2-6,8H,7H2,1H3,(H,13,15). The van der Waals surface area contributed by atoms with E-state index in [0.717, 1.165) is 23.1 Å². The molecule has 0 saturated heterocycles. The van der Waals surface area contributed by atoms with E-state index in [0.29, 0.717) is 5.92 Å². The van der Waals surface area contributed by atoms with Crippen molar-refractivity contribution in [1.29, 1.82) is 0 Å². The number of benzene rings is 1. The minimum Gasteiger partial charge on any atom is -0.337 e. The SMILES string of the molecule is CC1CNC(=O)n2c1cc1ccccc12. The van der Waals surface area contributed by atoms with E-state index in [4.69, 9.17) is 0 Å². The highest BCUT2D eigenvalue weighted by Gasteiger charge is 2.23. The molecule has 0 aliphatic carbocycles. The Kier molecular flexibility index (Phi) is 1.63. The highest BCUT2D eigenvalue weighted by Crippen LogP contribution is 2.27. The van der Waals surface area contributed by atoms with Crippen LogP contribution in [0.15, 0.2) is 30.3 Å². The van der Waals surface area contributed by atoms with E-state index in [1.54, 1.807) is 4.57 Å². The molecule has 1 unspecified atom stereocenters. The van der Waals surface area contributed by atoms with Crippen molar-refractivity contribution in [3.63, 3.8) is 0 Å². The van der Waals surface area contributed by atoms with E-state index in [2.05, 4.69) is 18.3 Å². The molecule has 3 nitrogen and oxygen atoms in total. The van der Waals surface area contributed by atoms with Gasteiger partial charge in [0.15, 0.2) is 0 Å². The van der Waals surface area contributed by atoms with Gasteiger partial charge in [-0.15, -0.1) is 0 Å². The lowest BCUT2D eigenvalue weighted by Crippen LogP contribution is -2.38. The van der Waals surface area contributed by atoms with Gasteiger partial charge in [0.05, 0.1) is 5.52 Å². The van der Waals surface area contributed by atoms with E-state index in [1.165, 1.54) is 0 Å². The van der Waals surface area contributed by atoms with Crippen LogP contribution in [-0.2, 0) is 0 Å². The van der Waals surface area contributed by atoms with Gasteiger partial charge < -0.3 is 5.32 Å². The summed E-state index contributed by atoms with van der Waals surface area (Å²) >= 11 is 0. The first kappa shape index (κ1) is 8.53. The number of rotatable bonds is 0. The predicted octanol–water partition coefficient (Wildman–Crippen LogP) is 2.32. The average Bonchev–Trinajstić information content (AvgIpc) is 2.64. The maximum Gasteiger partial charge on any atom is 0.326 e. The van der Waals surface area contributed by atoms with Crippen LogP contribution in [0, 0.1) is 0 Å². The number of hydrogen-bond acceptors (Lipinski definition) is 1. The molecule has 1 atom stereocenters. The molecule has 1 aromatic heterocycles. The number of nitrogens with zero attached hydrogens (tertiary/aromatic N) is 1. The Morgan fingerprint density at radius 2 is 2.20 bits per heavy atom. The molecule has 0 bridgehead atoms. The minimum atomic E-state index is -0.00991. The average molecular weight is 200 g/mol. The summed E-state index contributed by atoms with van der Waals surface area (Å²) in [5.74, 6) is 0.384. The number of para-hydroxylation sites is 1. The van der Waals surface area contributed by atoms with Crippen molar-refractivity contribution in [3.05, 3.63) is 36.0 Å². The molecule has 1 aliphatic heterocycles. The molecule has 2 aromatic rings. The highest BCUT2D eigenvalue weighted by molar-refractivity contribution is 5.93. The van der Waals surface area contributed by atoms with E-state index in [1.807, 2.05) is 24.3 Å². The van der Waals surface area contributed by atoms with Crippen molar-refractivity contribution < 1.29 is 4.79 Å². The second-order valence-corrected chi connectivity index (χ2v) is 4.05. The molecule has 2 heterocycles. The lowest BCUT2D eigenvalue weighted by atomic mass is 10.1. The first-order valence-electron chi connectivity index (χ1n) is 5.16. The van der Waals surface area contributed by atoms with Crippen LogP contribution in [0.1, 0.15) is 18.5 Å². The molecule has 3 rings (SSSR count). The van der Waals surface area contributed by atoms with Crippen molar-refractivity contribution in [3.8, 4) is 0 Å². The molecule has 15 heavy (non-hydrogen) atoms. The number of carbonyl (C=O) groups is 1. The van der Waals surface area contributed by atoms with Gasteiger partial charge >= 0.3 is 6.03 Å². The first-order chi connectivity index (χ1) is 7.27. The Hall–Kier alpha value is -1.77. The molecule has 0 spiro atoms. The lowest BCUT2D eigenvalue weighted by Gasteiger charge is -2.21. The Balaban J connectivity index is 2.39. The van der Waals surface area contributed by atoms with Crippen LogP contribution in [-0.4, -0.2) is 17.1 Å². The summed E-state index contributed by atoms with van der Waals surface area (Å²) < 4.78 is 1.78. The summed E-state index contributed by atoms with van der Waals surface area (Å²) in [6.07, 6.45) is 0. The first-order valence-corrected chi connectivity index (χ1v) is 5.16. The lowest BCUT2D eigenvalue weighted by molar-refractivity contribution is 0.238. The third-order valence-corrected chi connectivity index (χ3v) is 3.01. The fraction of sp³-hybridized carbons (Fsp3) is 0.250. The van der Waals surface area contributed by atoms with Gasteiger partial charge in [0.25, 0.3) is 0 Å². The zero-order valence-corrected chi connectivity index (χ0v) is 8.53. The largest absolute Gasteiger partial charge is 0.337 e. The zero-order chi connectivity index (χ0) is 10.4. The molecule has 1 aliphatic rings. The van der Waals surface area contributed by atoms with Gasteiger partial charge in [0.2, 0.25) is 0 Å². The molecule has 1 amide bonds. The summed E-state index contributed by atoms with van der Waals surface area (Å²) in [7, 11) is 0. The quantitative estimate of drug-likeness (QED) is 0.695. The van der Waals surface area contributed by atoms with Gasteiger partial charge in [-0.25, -0.2) is 4.79 Å². The van der Waals surface area contributed by atoms with Crippen LogP contribution in [0.5, 0.6) is 0 Å². The van der Waals surface area contributed by atoms with Crippen LogP contribution in [0.2, 0.25) is 0 Å². The molecular formula is C12H12N2O. The summed E-state index contributed by atoms with van der Waals surface area (Å²) in [5.41, 5.74) is 2.11. The number of amides is 1. The van der Waals surface area contributed by atoms with Crippen LogP contribution in [0.4, 0.5) is 4.79 Å². The van der Waals surface area contributed by atoms with Crippen molar-refractivity contribution in [2.75, 3.05) is 6.54 Å². The second-order valence-electron chi connectivity index (χ2n) is 4.05. The Morgan fingerprint density at radius 3 is 3.07 bits per heavy atom. The maximum absolute atomic E-state index is 11.8. The third kappa shape index (κ3) is 1.09. The van der Waals surface area contributed by atoms with Crippen LogP contribution in [0.25, 0.3) is 10.9 Å². The number of fused-ring (bicyclic) bond motifs is 3. The summed E-state index contributed by atoms with van der Waals surface area (Å²) in [5, 5.41) is 4.03. The summed E-state index contributed by atoms with van der Waals surface area (Å²) in [4.78, 5) is 11.8. The molecule has 3 heteroatoms. The van der Waals surface area contributed by atoms with E-state index >= 15 is 0 Å². The molecular weight excluding hydrogens is 188 g/mol. The van der Waals surface area contributed by atoms with E-state index in [-0.39, 0.29) is 6.03 Å². The fourth-order valence-electron chi connectivity index (χ4n) is 2.19. The molecule has 0 saturated carbocycles. The minimum absolute atomic E-state index is 0.00991. The van der Waals surface area contributed by atoms with Gasteiger partial charge in [-0.2, -0.15) is 0 Å². The zero-order valence-electron chi connectivity index (χ0n) is 8.53. The Labute approximate surface area is 87.7 Å². The number of carbonyl (C=O) groups excluding carboxylic acids is 1. The van der Waals surface area contributed by atoms with Crippen molar-refractivity contribution in [1.82, 2.24) is 9.88 Å². The van der Waals surface area contributed by atoms with E-state index in [9.17, 15) is 4.79 Å². The topological polar surface area (TPSA) is 34.0 Å². The number of nitrogens with one attached hydrogen (secondary N) is 1. The highest BCUT2D eigenvalue weighted by atomic mass is 16.2. The summed E-state index contributed by atoms with van der Waals surface area (Å²) in [6, 6.07) is 10.1. The normalized spacial score (nSPS) is 20.1. The molecule has 1 aromatic carbocycles. The Morgan fingerprint density at radius 1 is 1.40 bits per heavy atom. The van der Waals surface area contributed by atoms with Crippen LogP contribution >= 0.6 is 0 Å². The van der Waals surface area contributed by atoms with Crippen molar-refractivity contribution >= 4 is 16.9 Å². The molecule has 0 radical (unpaired) electrons. The summed E-state index contributed by atoms with van der Waals surface area (Å²) in [6.45, 7) is 2.86. The van der Waals surface area contributed by atoms with Gasteiger partial charge in [-0.05, 0) is 12.1 Å². The fourth-order valence-corrected chi connectivity index (χ4v) is 2.19. The van der Waals surface area contributed by atoms with Gasteiger partial charge in [-0.1, -0.05) is 25.1 Å². The van der Waals surface area contributed by atoms with Crippen LogP contribution in [0.3, 0.4) is 0 Å². The molecule has 0 fully saturated rings. The van der Waals surface area contributed by atoms with Crippen molar-refractivity contribution in [2.45, 2.75) is 12.8 Å². The molecule has 76 valence electrons. The molecule has 1 N–H and O–H groups in total. The third-order valence-electron chi connectivity index (χ3n) is 3.01.